The van der Waals surface area contributed by atoms with E-state index in [2.05, 4.69) is 88.6 Å². The molecule has 2 aromatic carbocycles. The molecule has 2 radical (unpaired) electrons. The van der Waals surface area contributed by atoms with Gasteiger partial charge in [0.15, 0.2) is 0 Å². The van der Waals surface area contributed by atoms with Crippen LogP contribution in [0, 0.1) is 0 Å². The molecule has 0 aliphatic carbocycles. The highest BCUT2D eigenvalue weighted by atomic mass is 28.3. The van der Waals surface area contributed by atoms with E-state index >= 15 is 0 Å². The van der Waals surface area contributed by atoms with Crippen molar-refractivity contribution in [3.63, 3.8) is 0 Å². The van der Waals surface area contributed by atoms with Gasteiger partial charge in [0, 0.05) is 23.0 Å². The van der Waals surface area contributed by atoms with Crippen LogP contribution in [0.5, 0.6) is 11.5 Å². The molecule has 0 saturated carbocycles. The summed E-state index contributed by atoms with van der Waals surface area (Å²) in [6, 6.07) is 19.8. The van der Waals surface area contributed by atoms with Crippen LogP contribution < -0.4 is 9.47 Å². The van der Waals surface area contributed by atoms with Crippen molar-refractivity contribution in [3.8, 4) is 11.5 Å². The van der Waals surface area contributed by atoms with Crippen LogP contribution in [0.15, 0.2) is 48.5 Å². The lowest BCUT2D eigenvalue weighted by molar-refractivity contribution is 0.317. The number of benzene rings is 2. The van der Waals surface area contributed by atoms with E-state index in [1.807, 2.05) is 0 Å². The van der Waals surface area contributed by atoms with Crippen LogP contribution in [0.4, 0.5) is 0 Å². The average molecular weight is 427 g/mol. The Balaban J connectivity index is 1.91. The molecular formula is C25H38O2Si2. The fourth-order valence-electron chi connectivity index (χ4n) is 3.33. The van der Waals surface area contributed by atoms with Gasteiger partial charge in [-0.25, -0.2) is 0 Å². The van der Waals surface area contributed by atoms with Crippen molar-refractivity contribution in [1.82, 2.24) is 0 Å². The third-order valence-corrected chi connectivity index (χ3v) is 8.04. The zero-order valence-electron chi connectivity index (χ0n) is 19.2. The molecule has 0 N–H and O–H groups in total. The summed E-state index contributed by atoms with van der Waals surface area (Å²) in [4.78, 5) is 0. The minimum atomic E-state index is -0.146. The van der Waals surface area contributed by atoms with E-state index in [0.717, 1.165) is 37.6 Å². The van der Waals surface area contributed by atoms with Gasteiger partial charge in [0.05, 0.1) is 13.2 Å². The van der Waals surface area contributed by atoms with Crippen LogP contribution in [0.2, 0.25) is 38.3 Å². The summed E-state index contributed by atoms with van der Waals surface area (Å²) < 4.78 is 11.8. The monoisotopic (exact) mass is 426 g/mol. The standard InChI is InChI=1S/C25H38O2Si2/c1-25(2,21-9-13-23(14-10-21)26-17-7-19-28(3)4)22-11-15-24(16-12-22)27-18-8-20-29(5)6/h9-16H,7-8,17-20H2,1-6H3. The molecule has 158 valence electrons. The van der Waals surface area contributed by atoms with Gasteiger partial charge in [-0.2, -0.15) is 0 Å². The first-order chi connectivity index (χ1) is 13.8. The van der Waals surface area contributed by atoms with Crippen molar-refractivity contribution in [2.24, 2.45) is 0 Å². The molecule has 2 aromatic rings. The zero-order valence-corrected chi connectivity index (χ0v) is 21.2. The van der Waals surface area contributed by atoms with Crippen molar-refractivity contribution in [3.05, 3.63) is 59.7 Å². The van der Waals surface area contributed by atoms with Crippen LogP contribution in [-0.2, 0) is 5.41 Å². The molecule has 0 heterocycles. The van der Waals surface area contributed by atoms with Gasteiger partial charge < -0.3 is 9.47 Å². The van der Waals surface area contributed by atoms with Gasteiger partial charge in [0.1, 0.15) is 11.5 Å². The summed E-state index contributed by atoms with van der Waals surface area (Å²) >= 11 is 0. The van der Waals surface area contributed by atoms with Gasteiger partial charge in [0.2, 0.25) is 0 Å². The molecule has 4 heteroatoms. The Bertz CT molecular complexity index is 645. The minimum absolute atomic E-state index is 0.0550. The fourth-order valence-corrected chi connectivity index (χ4v) is 5.04. The predicted molar refractivity (Wildman–Crippen MR) is 130 cm³/mol. The lowest BCUT2D eigenvalue weighted by Crippen LogP contribution is -2.18. The van der Waals surface area contributed by atoms with E-state index in [1.54, 1.807) is 0 Å². The van der Waals surface area contributed by atoms with Crippen LogP contribution in [0.1, 0.15) is 37.8 Å². The van der Waals surface area contributed by atoms with Crippen molar-refractivity contribution >= 4 is 17.6 Å². The molecule has 0 bridgehead atoms. The first-order valence-corrected chi connectivity index (χ1v) is 16.2. The minimum Gasteiger partial charge on any atom is -0.494 e. The highest BCUT2D eigenvalue weighted by Crippen LogP contribution is 2.33. The first-order valence-electron chi connectivity index (χ1n) is 10.8. The molecule has 0 spiro atoms. The fraction of sp³-hybridized carbons (Fsp3) is 0.520. The van der Waals surface area contributed by atoms with Crippen molar-refractivity contribution in [2.75, 3.05) is 13.2 Å². The maximum Gasteiger partial charge on any atom is 0.119 e. The molecule has 0 unspecified atom stereocenters. The summed E-state index contributed by atoms with van der Waals surface area (Å²) in [7, 11) is -0.291. The molecule has 0 aliphatic rings. The van der Waals surface area contributed by atoms with Crippen molar-refractivity contribution in [1.29, 1.82) is 0 Å². The van der Waals surface area contributed by atoms with E-state index in [0.29, 0.717) is 0 Å². The van der Waals surface area contributed by atoms with Gasteiger partial charge in [-0.1, -0.05) is 76.4 Å². The quantitative estimate of drug-likeness (QED) is 0.267. The molecule has 2 rings (SSSR count). The van der Waals surface area contributed by atoms with Gasteiger partial charge in [-0.3, -0.25) is 0 Å². The zero-order chi connectivity index (χ0) is 21.3. The molecule has 0 atom stereocenters. The largest absolute Gasteiger partial charge is 0.494 e. The SMILES string of the molecule is C[Si](C)CCCOc1ccc(C(C)(C)c2ccc(OCCC[Si](C)C)cc2)cc1. The molecule has 29 heavy (non-hydrogen) atoms. The van der Waals surface area contributed by atoms with E-state index < -0.39 is 0 Å². The molecule has 0 fully saturated rings. The second kappa shape index (κ2) is 11.6. The van der Waals surface area contributed by atoms with Crippen LogP contribution in [0.25, 0.3) is 0 Å². The normalized spacial score (nSPS) is 11.9. The van der Waals surface area contributed by atoms with Gasteiger partial charge >= 0.3 is 0 Å². The summed E-state index contributed by atoms with van der Waals surface area (Å²) in [5.74, 6) is 1.94. The Hall–Kier alpha value is -1.53. The van der Waals surface area contributed by atoms with Gasteiger partial charge in [-0.15, -0.1) is 0 Å². The summed E-state index contributed by atoms with van der Waals surface area (Å²) in [5.41, 5.74) is 2.54. The first kappa shape index (κ1) is 23.7. The molecule has 2 nitrogen and oxygen atoms in total. The lowest BCUT2D eigenvalue weighted by Gasteiger charge is -2.26. The number of ether oxygens (including phenoxy) is 2. The Kier molecular flexibility index (Phi) is 9.50. The second-order valence-corrected chi connectivity index (χ2v) is 14.8. The van der Waals surface area contributed by atoms with E-state index in [1.165, 1.54) is 23.2 Å². The summed E-state index contributed by atoms with van der Waals surface area (Å²) in [6.07, 6.45) is 2.31. The van der Waals surface area contributed by atoms with Crippen molar-refractivity contribution < 1.29 is 9.47 Å². The third kappa shape index (κ3) is 8.02. The Morgan fingerprint density at radius 1 is 0.621 bits per heavy atom. The Morgan fingerprint density at radius 2 is 0.966 bits per heavy atom. The van der Waals surface area contributed by atoms with E-state index in [9.17, 15) is 0 Å². The predicted octanol–water partition coefficient (Wildman–Crippen LogP) is 7.06. The lowest BCUT2D eigenvalue weighted by atomic mass is 9.78. The topological polar surface area (TPSA) is 18.5 Å². The van der Waals surface area contributed by atoms with Crippen LogP contribution >= 0.6 is 0 Å². The molecule has 0 aromatic heterocycles. The van der Waals surface area contributed by atoms with Crippen LogP contribution in [0.3, 0.4) is 0 Å². The number of hydrogen-bond donors (Lipinski definition) is 0. The van der Waals surface area contributed by atoms with Crippen LogP contribution in [-0.4, -0.2) is 30.8 Å². The summed E-state index contributed by atoms with van der Waals surface area (Å²) in [6.45, 7) is 15.6. The highest BCUT2D eigenvalue weighted by Gasteiger charge is 2.23. The highest BCUT2D eigenvalue weighted by molar-refractivity contribution is 6.55. The maximum atomic E-state index is 5.91. The Morgan fingerprint density at radius 3 is 1.28 bits per heavy atom. The average Bonchev–Trinajstić information content (AvgIpc) is 2.69. The van der Waals surface area contributed by atoms with Crippen molar-refractivity contribution in [2.45, 2.75) is 70.4 Å². The Labute approximate surface area is 181 Å². The van der Waals surface area contributed by atoms with Gasteiger partial charge in [0.25, 0.3) is 0 Å². The second-order valence-electron chi connectivity index (χ2n) is 8.99. The third-order valence-electron chi connectivity index (χ3n) is 5.33. The smallest absolute Gasteiger partial charge is 0.119 e. The van der Waals surface area contributed by atoms with Gasteiger partial charge in [-0.05, 0) is 48.2 Å². The summed E-state index contributed by atoms with van der Waals surface area (Å²) in [5, 5.41) is 0. The molecular weight excluding hydrogens is 388 g/mol. The molecule has 0 aliphatic heterocycles. The van der Waals surface area contributed by atoms with E-state index in [-0.39, 0.29) is 23.0 Å². The maximum absolute atomic E-state index is 5.91. The molecule has 0 amide bonds. The molecule has 0 saturated heterocycles. The number of rotatable bonds is 12. The number of hydrogen-bond acceptors (Lipinski definition) is 2. The van der Waals surface area contributed by atoms with E-state index in [4.69, 9.17) is 9.47 Å².